The minimum absolute atomic E-state index is 0.129. The fraction of sp³-hybridized carbons (Fsp3) is 1.00. The smallest absolute Gasteiger partial charge is 0.0110 e. The number of nitrogens with two attached hydrogens (primary N) is 4. The van der Waals surface area contributed by atoms with Gasteiger partial charge in [-0.1, -0.05) is 0 Å². The summed E-state index contributed by atoms with van der Waals surface area (Å²) in [4.78, 5) is 4.78. The number of hydrogen-bond donors (Lipinski definition) is 5. The van der Waals surface area contributed by atoms with Crippen LogP contribution in [0, 0.1) is 0 Å². The first-order chi connectivity index (χ1) is 10.4. The van der Waals surface area contributed by atoms with Gasteiger partial charge in [-0.2, -0.15) is 0 Å². The minimum atomic E-state index is -0.129. The van der Waals surface area contributed by atoms with Crippen molar-refractivity contribution in [3.8, 4) is 0 Å². The molecule has 0 saturated heterocycles. The molecular formula is C15H39N7. The number of hydrogen-bond acceptors (Lipinski definition) is 7. The van der Waals surface area contributed by atoms with Crippen molar-refractivity contribution in [2.75, 3.05) is 72.0 Å². The van der Waals surface area contributed by atoms with Gasteiger partial charge in [0.15, 0.2) is 0 Å². The molecule has 0 aromatic rings. The Morgan fingerprint density at radius 3 is 1.73 bits per heavy atom. The summed E-state index contributed by atoms with van der Waals surface area (Å²) in [5, 5.41) is 3.32. The number of nitrogens with zero attached hydrogens (tertiary/aromatic N) is 2. The standard InChI is InChI=1S/C15H39N7/c1-15(2,19)3-9-21(10-5-17)13-14-22(11-6-18)12-8-20-7-4-16/h20H,3-14,16-19H2,1-2H3. The van der Waals surface area contributed by atoms with Crippen LogP contribution in [-0.4, -0.2) is 87.3 Å². The summed E-state index contributed by atoms with van der Waals surface area (Å²) in [6.07, 6.45) is 0.974. The van der Waals surface area contributed by atoms with Gasteiger partial charge in [0.05, 0.1) is 0 Å². The Balaban J connectivity index is 4.13. The molecule has 0 amide bonds. The Morgan fingerprint density at radius 1 is 0.727 bits per heavy atom. The van der Waals surface area contributed by atoms with Crippen molar-refractivity contribution in [3.63, 3.8) is 0 Å². The summed E-state index contributed by atoms with van der Waals surface area (Å²) in [6, 6.07) is 0. The topological polar surface area (TPSA) is 123 Å². The average Bonchev–Trinajstić information content (AvgIpc) is 2.45. The Hall–Kier alpha value is -0.280. The molecule has 134 valence electrons. The summed E-state index contributed by atoms with van der Waals surface area (Å²) in [7, 11) is 0. The van der Waals surface area contributed by atoms with Crippen molar-refractivity contribution in [1.29, 1.82) is 0 Å². The van der Waals surface area contributed by atoms with E-state index >= 15 is 0 Å². The highest BCUT2D eigenvalue weighted by Crippen LogP contribution is 2.05. The summed E-state index contributed by atoms with van der Waals surface area (Å²) in [5.74, 6) is 0. The third kappa shape index (κ3) is 13.4. The Bertz CT molecular complexity index is 243. The van der Waals surface area contributed by atoms with Gasteiger partial charge >= 0.3 is 0 Å². The van der Waals surface area contributed by atoms with Crippen LogP contribution in [0.15, 0.2) is 0 Å². The fourth-order valence-electron chi connectivity index (χ4n) is 2.23. The van der Waals surface area contributed by atoms with E-state index in [0.717, 1.165) is 58.8 Å². The molecule has 9 N–H and O–H groups in total. The molecule has 7 heteroatoms. The molecule has 0 fully saturated rings. The zero-order valence-corrected chi connectivity index (χ0v) is 14.7. The van der Waals surface area contributed by atoms with Gasteiger partial charge in [-0.15, -0.1) is 0 Å². The number of rotatable bonds is 15. The Morgan fingerprint density at radius 2 is 1.27 bits per heavy atom. The van der Waals surface area contributed by atoms with Gasteiger partial charge in [-0.3, -0.25) is 4.90 Å². The molecule has 0 heterocycles. The van der Waals surface area contributed by atoms with Crippen molar-refractivity contribution in [1.82, 2.24) is 15.1 Å². The molecule has 7 nitrogen and oxygen atoms in total. The molecule has 0 rings (SSSR count). The zero-order chi connectivity index (χ0) is 16.8. The van der Waals surface area contributed by atoms with Gasteiger partial charge in [-0.05, 0) is 26.8 Å². The third-order valence-corrected chi connectivity index (χ3v) is 3.62. The van der Waals surface area contributed by atoms with E-state index in [0.29, 0.717) is 19.6 Å². The van der Waals surface area contributed by atoms with Crippen molar-refractivity contribution in [2.24, 2.45) is 22.9 Å². The Kier molecular flexibility index (Phi) is 13.0. The van der Waals surface area contributed by atoms with Crippen LogP contribution in [0.5, 0.6) is 0 Å². The normalized spacial score (nSPS) is 12.5. The van der Waals surface area contributed by atoms with Gasteiger partial charge < -0.3 is 33.2 Å². The van der Waals surface area contributed by atoms with Crippen LogP contribution in [0.1, 0.15) is 20.3 Å². The molecule has 0 aliphatic heterocycles. The third-order valence-electron chi connectivity index (χ3n) is 3.62. The molecule has 0 unspecified atom stereocenters. The Labute approximate surface area is 136 Å². The maximum absolute atomic E-state index is 6.07. The van der Waals surface area contributed by atoms with Gasteiger partial charge in [0.25, 0.3) is 0 Å². The quantitative estimate of drug-likeness (QED) is 0.225. The lowest BCUT2D eigenvalue weighted by Gasteiger charge is -2.29. The van der Waals surface area contributed by atoms with Crippen molar-refractivity contribution in [2.45, 2.75) is 25.8 Å². The van der Waals surface area contributed by atoms with Crippen molar-refractivity contribution in [3.05, 3.63) is 0 Å². The van der Waals surface area contributed by atoms with E-state index in [-0.39, 0.29) is 5.54 Å². The van der Waals surface area contributed by atoms with Gasteiger partial charge in [0.2, 0.25) is 0 Å². The summed E-state index contributed by atoms with van der Waals surface area (Å²) in [6.45, 7) is 13.8. The van der Waals surface area contributed by atoms with Gasteiger partial charge in [-0.25, -0.2) is 0 Å². The monoisotopic (exact) mass is 317 g/mol. The lowest BCUT2D eigenvalue weighted by atomic mass is 10.0. The van der Waals surface area contributed by atoms with E-state index in [1.165, 1.54) is 0 Å². The van der Waals surface area contributed by atoms with E-state index in [4.69, 9.17) is 22.9 Å². The summed E-state index contributed by atoms with van der Waals surface area (Å²) < 4.78 is 0. The molecule has 0 aliphatic carbocycles. The van der Waals surface area contributed by atoms with Gasteiger partial charge in [0, 0.05) is 71.0 Å². The predicted molar refractivity (Wildman–Crippen MR) is 95.8 cm³/mol. The van der Waals surface area contributed by atoms with Crippen LogP contribution < -0.4 is 28.3 Å². The average molecular weight is 318 g/mol. The van der Waals surface area contributed by atoms with Gasteiger partial charge in [0.1, 0.15) is 0 Å². The lowest BCUT2D eigenvalue weighted by Crippen LogP contribution is -2.44. The maximum Gasteiger partial charge on any atom is 0.0110 e. The van der Waals surface area contributed by atoms with Crippen LogP contribution in [0.2, 0.25) is 0 Å². The van der Waals surface area contributed by atoms with Crippen LogP contribution in [0.25, 0.3) is 0 Å². The second-order valence-electron chi connectivity index (χ2n) is 6.54. The first kappa shape index (κ1) is 21.7. The summed E-state index contributed by atoms with van der Waals surface area (Å²) >= 11 is 0. The van der Waals surface area contributed by atoms with Crippen molar-refractivity contribution < 1.29 is 0 Å². The molecule has 0 saturated carbocycles. The SMILES string of the molecule is CC(C)(N)CCN(CCN)CCN(CCN)CCNCCN. The van der Waals surface area contributed by atoms with Crippen LogP contribution in [0.4, 0.5) is 0 Å². The van der Waals surface area contributed by atoms with E-state index in [2.05, 4.69) is 29.0 Å². The first-order valence-electron chi connectivity index (χ1n) is 8.47. The molecule has 22 heavy (non-hydrogen) atoms. The molecule has 0 aromatic heterocycles. The second-order valence-corrected chi connectivity index (χ2v) is 6.54. The first-order valence-corrected chi connectivity index (χ1v) is 8.47. The van der Waals surface area contributed by atoms with Crippen LogP contribution in [-0.2, 0) is 0 Å². The second kappa shape index (κ2) is 13.2. The maximum atomic E-state index is 6.07. The molecular weight excluding hydrogens is 278 g/mol. The van der Waals surface area contributed by atoms with E-state index in [9.17, 15) is 0 Å². The highest BCUT2D eigenvalue weighted by atomic mass is 15.2. The highest BCUT2D eigenvalue weighted by molar-refractivity contribution is 4.75. The summed E-state index contributed by atoms with van der Waals surface area (Å²) in [5.41, 5.74) is 22.9. The van der Waals surface area contributed by atoms with E-state index < -0.39 is 0 Å². The fourth-order valence-corrected chi connectivity index (χ4v) is 2.23. The highest BCUT2D eigenvalue weighted by Gasteiger charge is 2.14. The van der Waals surface area contributed by atoms with E-state index in [1.54, 1.807) is 0 Å². The van der Waals surface area contributed by atoms with Crippen LogP contribution >= 0.6 is 0 Å². The largest absolute Gasteiger partial charge is 0.329 e. The molecule has 0 atom stereocenters. The van der Waals surface area contributed by atoms with Crippen molar-refractivity contribution >= 4 is 0 Å². The minimum Gasteiger partial charge on any atom is -0.329 e. The zero-order valence-electron chi connectivity index (χ0n) is 14.7. The van der Waals surface area contributed by atoms with E-state index in [1.807, 2.05) is 0 Å². The molecule has 0 bridgehead atoms. The molecule has 0 radical (unpaired) electrons. The predicted octanol–water partition coefficient (Wildman–Crippen LogP) is -1.82. The molecule has 0 spiro atoms. The lowest BCUT2D eigenvalue weighted by molar-refractivity contribution is 0.199. The number of nitrogens with one attached hydrogen (secondary N) is 1. The molecule has 0 aromatic carbocycles. The molecule has 0 aliphatic rings. The van der Waals surface area contributed by atoms with Crippen LogP contribution in [0.3, 0.4) is 0 Å².